The SMILES string of the molecule is CCC(=Nc1ccccc1)c1ccccc1C(=O)O. The van der Waals surface area contributed by atoms with E-state index in [1.54, 1.807) is 18.2 Å². The first-order valence-corrected chi connectivity index (χ1v) is 6.17. The van der Waals surface area contributed by atoms with Gasteiger partial charge in [0.1, 0.15) is 0 Å². The molecule has 2 aromatic carbocycles. The van der Waals surface area contributed by atoms with Crippen molar-refractivity contribution in [1.29, 1.82) is 0 Å². The molecule has 0 spiro atoms. The molecule has 0 bridgehead atoms. The van der Waals surface area contributed by atoms with Crippen LogP contribution in [0.5, 0.6) is 0 Å². The van der Waals surface area contributed by atoms with Crippen molar-refractivity contribution in [3.05, 3.63) is 65.7 Å². The van der Waals surface area contributed by atoms with E-state index in [-0.39, 0.29) is 0 Å². The maximum Gasteiger partial charge on any atom is 0.336 e. The summed E-state index contributed by atoms with van der Waals surface area (Å²) >= 11 is 0. The molecule has 2 rings (SSSR count). The monoisotopic (exact) mass is 253 g/mol. The summed E-state index contributed by atoms with van der Waals surface area (Å²) in [7, 11) is 0. The zero-order valence-corrected chi connectivity index (χ0v) is 10.7. The second-order valence-electron chi connectivity index (χ2n) is 4.10. The van der Waals surface area contributed by atoms with Crippen LogP contribution in [0.25, 0.3) is 0 Å². The highest BCUT2D eigenvalue weighted by Gasteiger charge is 2.12. The first-order chi connectivity index (χ1) is 9.22. The third-order valence-corrected chi connectivity index (χ3v) is 2.82. The van der Waals surface area contributed by atoms with Gasteiger partial charge in [0, 0.05) is 11.3 Å². The molecule has 0 radical (unpaired) electrons. The molecule has 96 valence electrons. The Morgan fingerprint density at radius 3 is 2.16 bits per heavy atom. The standard InChI is InChI=1S/C16H15NO2/c1-2-15(17-12-8-4-3-5-9-12)13-10-6-7-11-14(13)16(18)19/h3-11H,2H2,1H3,(H,18,19). The summed E-state index contributed by atoms with van der Waals surface area (Å²) in [6, 6.07) is 16.5. The Hall–Kier alpha value is -2.42. The van der Waals surface area contributed by atoms with Gasteiger partial charge in [0.15, 0.2) is 0 Å². The first-order valence-electron chi connectivity index (χ1n) is 6.17. The highest BCUT2D eigenvalue weighted by atomic mass is 16.4. The maximum absolute atomic E-state index is 11.2. The molecule has 0 aromatic heterocycles. The zero-order valence-electron chi connectivity index (χ0n) is 10.7. The highest BCUT2D eigenvalue weighted by Crippen LogP contribution is 2.17. The molecule has 0 aliphatic heterocycles. The van der Waals surface area contributed by atoms with Gasteiger partial charge in [0.2, 0.25) is 0 Å². The van der Waals surface area contributed by atoms with Crippen LogP contribution in [0.3, 0.4) is 0 Å². The Morgan fingerprint density at radius 2 is 1.58 bits per heavy atom. The van der Waals surface area contributed by atoms with Crippen LogP contribution in [0.1, 0.15) is 29.3 Å². The highest BCUT2D eigenvalue weighted by molar-refractivity contribution is 6.09. The minimum atomic E-state index is -0.926. The van der Waals surface area contributed by atoms with Crippen molar-refractivity contribution in [3.63, 3.8) is 0 Å². The Kier molecular flexibility index (Phi) is 4.08. The van der Waals surface area contributed by atoms with Crippen molar-refractivity contribution in [2.75, 3.05) is 0 Å². The number of hydrogen-bond acceptors (Lipinski definition) is 2. The number of aromatic carboxylic acids is 1. The number of aliphatic imine (C=N–C) groups is 1. The number of hydrogen-bond donors (Lipinski definition) is 1. The molecule has 0 heterocycles. The van der Waals surface area contributed by atoms with Gasteiger partial charge in [-0.2, -0.15) is 0 Å². The Bertz CT molecular complexity index is 603. The molecule has 0 amide bonds. The summed E-state index contributed by atoms with van der Waals surface area (Å²) < 4.78 is 0. The van der Waals surface area contributed by atoms with Gasteiger partial charge in [-0.25, -0.2) is 4.79 Å². The lowest BCUT2D eigenvalue weighted by Gasteiger charge is -2.08. The van der Waals surface area contributed by atoms with E-state index in [0.29, 0.717) is 17.5 Å². The quantitative estimate of drug-likeness (QED) is 0.840. The van der Waals surface area contributed by atoms with Crippen LogP contribution in [0.15, 0.2) is 59.6 Å². The maximum atomic E-state index is 11.2. The summed E-state index contributed by atoms with van der Waals surface area (Å²) in [5.74, 6) is -0.926. The number of rotatable bonds is 4. The Morgan fingerprint density at radius 1 is 1.00 bits per heavy atom. The second-order valence-corrected chi connectivity index (χ2v) is 4.10. The summed E-state index contributed by atoms with van der Waals surface area (Å²) in [6.07, 6.45) is 0.680. The molecule has 3 nitrogen and oxygen atoms in total. The summed E-state index contributed by atoms with van der Waals surface area (Å²) in [4.78, 5) is 15.8. The number of benzene rings is 2. The minimum Gasteiger partial charge on any atom is -0.478 e. The summed E-state index contributed by atoms with van der Waals surface area (Å²) in [5, 5.41) is 9.22. The Balaban J connectivity index is 2.49. The van der Waals surface area contributed by atoms with Crippen molar-refractivity contribution in [1.82, 2.24) is 0 Å². The largest absolute Gasteiger partial charge is 0.478 e. The summed E-state index contributed by atoms with van der Waals surface area (Å²) in [6.45, 7) is 1.97. The van der Waals surface area contributed by atoms with Crippen LogP contribution < -0.4 is 0 Å². The van der Waals surface area contributed by atoms with Gasteiger partial charge in [-0.05, 0) is 24.6 Å². The normalized spacial score (nSPS) is 11.3. The number of carbonyl (C=O) groups is 1. The molecule has 0 aliphatic rings. The zero-order chi connectivity index (χ0) is 13.7. The molecule has 0 saturated heterocycles. The van der Waals surface area contributed by atoms with E-state index in [4.69, 9.17) is 0 Å². The third-order valence-electron chi connectivity index (χ3n) is 2.82. The Labute approximate surface area is 112 Å². The molecule has 1 N–H and O–H groups in total. The predicted molar refractivity (Wildman–Crippen MR) is 76.3 cm³/mol. The number of nitrogens with zero attached hydrogens (tertiary/aromatic N) is 1. The van der Waals surface area contributed by atoms with E-state index in [9.17, 15) is 9.90 Å². The van der Waals surface area contributed by atoms with Gasteiger partial charge in [0.05, 0.1) is 11.3 Å². The van der Waals surface area contributed by atoms with Gasteiger partial charge < -0.3 is 5.11 Å². The van der Waals surface area contributed by atoms with Crippen LogP contribution in [0.4, 0.5) is 5.69 Å². The van der Waals surface area contributed by atoms with Gasteiger partial charge in [-0.3, -0.25) is 4.99 Å². The lowest BCUT2D eigenvalue weighted by molar-refractivity contribution is 0.0696. The average Bonchev–Trinajstić information content (AvgIpc) is 2.46. The van der Waals surface area contributed by atoms with Crippen molar-refractivity contribution in [2.45, 2.75) is 13.3 Å². The van der Waals surface area contributed by atoms with Crippen molar-refractivity contribution < 1.29 is 9.90 Å². The predicted octanol–water partition coefficient (Wildman–Crippen LogP) is 3.92. The lowest BCUT2D eigenvalue weighted by atomic mass is 10.0. The fourth-order valence-electron chi connectivity index (χ4n) is 1.91. The van der Waals surface area contributed by atoms with E-state index in [2.05, 4.69) is 4.99 Å². The average molecular weight is 253 g/mol. The lowest BCUT2D eigenvalue weighted by Crippen LogP contribution is -2.08. The van der Waals surface area contributed by atoms with Gasteiger partial charge in [0.25, 0.3) is 0 Å². The molecular formula is C16H15NO2. The van der Waals surface area contributed by atoms with E-state index in [1.165, 1.54) is 0 Å². The number of carboxylic acid groups (broad SMARTS) is 1. The number of carboxylic acids is 1. The van der Waals surface area contributed by atoms with E-state index in [0.717, 1.165) is 11.4 Å². The van der Waals surface area contributed by atoms with Crippen molar-refractivity contribution in [2.24, 2.45) is 4.99 Å². The third kappa shape index (κ3) is 3.07. The van der Waals surface area contributed by atoms with E-state index in [1.807, 2.05) is 43.3 Å². The first kappa shape index (κ1) is 13.0. The van der Waals surface area contributed by atoms with Gasteiger partial charge in [-0.15, -0.1) is 0 Å². The van der Waals surface area contributed by atoms with Crippen molar-refractivity contribution >= 4 is 17.4 Å². The molecular weight excluding hydrogens is 238 g/mol. The van der Waals surface area contributed by atoms with Crippen LogP contribution in [-0.4, -0.2) is 16.8 Å². The molecule has 0 fully saturated rings. The fraction of sp³-hybridized carbons (Fsp3) is 0.125. The minimum absolute atomic E-state index is 0.291. The van der Waals surface area contributed by atoms with Crippen LogP contribution in [0, 0.1) is 0 Å². The molecule has 19 heavy (non-hydrogen) atoms. The smallest absolute Gasteiger partial charge is 0.336 e. The molecule has 0 aliphatic carbocycles. The molecule has 0 saturated carbocycles. The number of para-hydroxylation sites is 1. The van der Waals surface area contributed by atoms with Gasteiger partial charge in [-0.1, -0.05) is 43.3 Å². The fourth-order valence-corrected chi connectivity index (χ4v) is 1.91. The molecule has 0 atom stereocenters. The van der Waals surface area contributed by atoms with E-state index < -0.39 is 5.97 Å². The van der Waals surface area contributed by atoms with E-state index >= 15 is 0 Å². The van der Waals surface area contributed by atoms with Crippen LogP contribution >= 0.6 is 0 Å². The molecule has 2 aromatic rings. The summed E-state index contributed by atoms with van der Waals surface area (Å²) in [5.41, 5.74) is 2.59. The molecule has 3 heteroatoms. The van der Waals surface area contributed by atoms with Crippen LogP contribution in [-0.2, 0) is 0 Å². The topological polar surface area (TPSA) is 49.7 Å². The van der Waals surface area contributed by atoms with Crippen molar-refractivity contribution in [3.8, 4) is 0 Å². The van der Waals surface area contributed by atoms with Gasteiger partial charge >= 0.3 is 5.97 Å². The molecule has 0 unspecified atom stereocenters. The second kappa shape index (κ2) is 5.96. The van der Waals surface area contributed by atoms with Crippen LogP contribution in [0.2, 0.25) is 0 Å².